The maximum atomic E-state index is 11.9. The summed E-state index contributed by atoms with van der Waals surface area (Å²) >= 11 is 3.38. The summed E-state index contributed by atoms with van der Waals surface area (Å²) in [6.07, 6.45) is 4.51. The molecule has 3 nitrogen and oxygen atoms in total. The molecule has 0 aromatic heterocycles. The van der Waals surface area contributed by atoms with Crippen molar-refractivity contribution in [1.29, 1.82) is 0 Å². The Morgan fingerprint density at radius 2 is 2.17 bits per heavy atom. The molecule has 1 amide bonds. The molecule has 1 aliphatic rings. The van der Waals surface area contributed by atoms with E-state index in [-0.39, 0.29) is 5.91 Å². The lowest BCUT2D eigenvalue weighted by Crippen LogP contribution is -2.28. The third-order valence-electron chi connectivity index (χ3n) is 3.22. The van der Waals surface area contributed by atoms with Gasteiger partial charge in [0.15, 0.2) is 0 Å². The average molecular weight is 309 g/mol. The normalized spacial score (nSPS) is 19.7. The van der Waals surface area contributed by atoms with E-state index in [9.17, 15) is 4.79 Å². The van der Waals surface area contributed by atoms with Gasteiger partial charge in [-0.3, -0.25) is 4.79 Å². The van der Waals surface area contributed by atoms with Gasteiger partial charge in [0.25, 0.3) is 0 Å². The molecule has 1 atom stereocenters. The van der Waals surface area contributed by atoms with E-state index in [1.807, 2.05) is 35.2 Å². The van der Waals surface area contributed by atoms with Gasteiger partial charge in [0.05, 0.1) is 0 Å². The van der Waals surface area contributed by atoms with Crippen molar-refractivity contribution >= 4 is 27.9 Å². The molecule has 96 valence electrons. The smallest absolute Gasteiger partial charge is 0.246 e. The number of amides is 1. The summed E-state index contributed by atoms with van der Waals surface area (Å²) in [5.41, 5.74) is 6.64. The van der Waals surface area contributed by atoms with Gasteiger partial charge >= 0.3 is 0 Å². The van der Waals surface area contributed by atoms with Crippen molar-refractivity contribution in [1.82, 2.24) is 4.90 Å². The first kappa shape index (κ1) is 13.3. The fraction of sp³-hybridized carbons (Fsp3) is 0.357. The Balaban J connectivity index is 1.93. The second-order valence-corrected chi connectivity index (χ2v) is 5.48. The number of carbonyl (C=O) groups is 1. The van der Waals surface area contributed by atoms with Gasteiger partial charge < -0.3 is 10.6 Å². The summed E-state index contributed by atoms with van der Waals surface area (Å²) in [6.45, 7) is 2.28. The number of benzene rings is 1. The molecule has 0 radical (unpaired) electrons. The Hall–Kier alpha value is -1.13. The fourth-order valence-corrected chi connectivity index (χ4v) is 2.34. The van der Waals surface area contributed by atoms with E-state index in [0.29, 0.717) is 12.5 Å². The summed E-state index contributed by atoms with van der Waals surface area (Å²) in [6, 6.07) is 7.87. The molecule has 0 aliphatic carbocycles. The van der Waals surface area contributed by atoms with Crippen LogP contribution < -0.4 is 5.73 Å². The van der Waals surface area contributed by atoms with Gasteiger partial charge in [-0.15, -0.1) is 0 Å². The van der Waals surface area contributed by atoms with Crippen LogP contribution in [0.4, 0.5) is 0 Å². The highest BCUT2D eigenvalue weighted by atomic mass is 79.9. The van der Waals surface area contributed by atoms with E-state index in [2.05, 4.69) is 15.9 Å². The number of rotatable bonds is 3. The van der Waals surface area contributed by atoms with Crippen molar-refractivity contribution in [3.63, 3.8) is 0 Å². The largest absolute Gasteiger partial charge is 0.339 e. The Bertz CT molecular complexity index is 442. The molecule has 1 unspecified atom stereocenters. The number of halogens is 1. The van der Waals surface area contributed by atoms with Crippen LogP contribution in [0.5, 0.6) is 0 Å². The number of nitrogens with zero attached hydrogens (tertiary/aromatic N) is 1. The monoisotopic (exact) mass is 308 g/mol. The number of likely N-dealkylation sites (tertiary alicyclic amines) is 1. The molecule has 1 saturated heterocycles. The van der Waals surface area contributed by atoms with Gasteiger partial charge in [-0.05, 0) is 42.7 Å². The Labute approximate surface area is 116 Å². The molecule has 2 rings (SSSR count). The number of nitrogens with two attached hydrogens (primary N) is 1. The average Bonchev–Trinajstić information content (AvgIpc) is 2.86. The van der Waals surface area contributed by atoms with Crippen molar-refractivity contribution in [2.45, 2.75) is 6.42 Å². The van der Waals surface area contributed by atoms with E-state index < -0.39 is 0 Å². The van der Waals surface area contributed by atoms with Crippen LogP contribution in [0.1, 0.15) is 12.0 Å². The SMILES string of the molecule is NCC1CCN(C(=O)C=Cc2ccc(Br)cc2)C1. The van der Waals surface area contributed by atoms with Crippen LogP contribution in [0.3, 0.4) is 0 Å². The third-order valence-corrected chi connectivity index (χ3v) is 3.75. The molecule has 1 aromatic carbocycles. The predicted molar refractivity (Wildman–Crippen MR) is 76.9 cm³/mol. The summed E-state index contributed by atoms with van der Waals surface area (Å²) in [4.78, 5) is 13.8. The summed E-state index contributed by atoms with van der Waals surface area (Å²) in [7, 11) is 0. The maximum absolute atomic E-state index is 11.9. The standard InChI is InChI=1S/C14H17BrN2O/c15-13-4-1-11(2-5-13)3-6-14(18)17-8-7-12(9-16)10-17/h1-6,12H,7-10,16H2. The Morgan fingerprint density at radius 3 is 2.78 bits per heavy atom. The molecule has 0 bridgehead atoms. The first-order valence-electron chi connectivity index (χ1n) is 6.11. The van der Waals surface area contributed by atoms with Crippen LogP contribution >= 0.6 is 15.9 Å². The third kappa shape index (κ3) is 3.43. The van der Waals surface area contributed by atoms with Crippen molar-refractivity contribution in [2.75, 3.05) is 19.6 Å². The lowest BCUT2D eigenvalue weighted by molar-refractivity contribution is -0.125. The van der Waals surface area contributed by atoms with Crippen molar-refractivity contribution in [3.8, 4) is 0 Å². The lowest BCUT2D eigenvalue weighted by Gasteiger charge is -2.13. The molecule has 1 heterocycles. The zero-order chi connectivity index (χ0) is 13.0. The first-order valence-corrected chi connectivity index (χ1v) is 6.91. The van der Waals surface area contributed by atoms with Crippen LogP contribution in [0, 0.1) is 5.92 Å². The molecule has 0 saturated carbocycles. The molecule has 1 aromatic rings. The van der Waals surface area contributed by atoms with Gasteiger partial charge in [0.1, 0.15) is 0 Å². The number of hydrogen-bond acceptors (Lipinski definition) is 2. The highest BCUT2D eigenvalue weighted by Crippen LogP contribution is 2.16. The molecule has 2 N–H and O–H groups in total. The zero-order valence-electron chi connectivity index (χ0n) is 10.2. The van der Waals surface area contributed by atoms with E-state index in [1.165, 1.54) is 0 Å². The molecule has 18 heavy (non-hydrogen) atoms. The molecule has 1 fully saturated rings. The lowest BCUT2D eigenvalue weighted by atomic mass is 10.1. The van der Waals surface area contributed by atoms with Crippen LogP contribution in [0.2, 0.25) is 0 Å². The first-order chi connectivity index (χ1) is 8.69. The van der Waals surface area contributed by atoms with Crippen molar-refractivity contribution in [3.05, 3.63) is 40.4 Å². The summed E-state index contributed by atoms with van der Waals surface area (Å²) < 4.78 is 1.04. The van der Waals surface area contributed by atoms with Crippen LogP contribution in [0.25, 0.3) is 6.08 Å². The molecule has 0 spiro atoms. The topological polar surface area (TPSA) is 46.3 Å². The van der Waals surface area contributed by atoms with Gasteiger partial charge in [0, 0.05) is 23.6 Å². The van der Waals surface area contributed by atoms with Crippen LogP contribution in [-0.4, -0.2) is 30.4 Å². The van der Waals surface area contributed by atoms with Gasteiger partial charge in [-0.25, -0.2) is 0 Å². The minimum Gasteiger partial charge on any atom is -0.339 e. The van der Waals surface area contributed by atoms with Gasteiger partial charge in [0.2, 0.25) is 5.91 Å². The predicted octanol–water partition coefficient (Wildman–Crippen LogP) is 2.27. The number of carbonyl (C=O) groups excluding carboxylic acids is 1. The van der Waals surface area contributed by atoms with E-state index in [4.69, 9.17) is 5.73 Å². The second kappa shape index (κ2) is 6.16. The second-order valence-electron chi connectivity index (χ2n) is 4.56. The van der Waals surface area contributed by atoms with Crippen LogP contribution in [-0.2, 0) is 4.79 Å². The minimum absolute atomic E-state index is 0.0777. The quantitative estimate of drug-likeness (QED) is 0.871. The number of hydrogen-bond donors (Lipinski definition) is 1. The Kier molecular flexibility index (Phi) is 4.55. The maximum Gasteiger partial charge on any atom is 0.246 e. The van der Waals surface area contributed by atoms with Crippen molar-refractivity contribution in [2.24, 2.45) is 11.7 Å². The summed E-state index contributed by atoms with van der Waals surface area (Å²) in [5.74, 6) is 0.545. The van der Waals surface area contributed by atoms with Crippen molar-refractivity contribution < 1.29 is 4.79 Å². The minimum atomic E-state index is 0.0777. The van der Waals surface area contributed by atoms with E-state index in [0.717, 1.165) is 29.5 Å². The highest BCUT2D eigenvalue weighted by Gasteiger charge is 2.23. The molecule has 4 heteroatoms. The molecular formula is C14H17BrN2O. The van der Waals surface area contributed by atoms with Gasteiger partial charge in [-0.1, -0.05) is 28.1 Å². The van der Waals surface area contributed by atoms with Crippen LogP contribution in [0.15, 0.2) is 34.8 Å². The summed E-state index contributed by atoms with van der Waals surface area (Å²) in [5, 5.41) is 0. The van der Waals surface area contributed by atoms with Gasteiger partial charge in [-0.2, -0.15) is 0 Å². The highest BCUT2D eigenvalue weighted by molar-refractivity contribution is 9.10. The zero-order valence-corrected chi connectivity index (χ0v) is 11.8. The fourth-order valence-electron chi connectivity index (χ4n) is 2.07. The molecule has 1 aliphatic heterocycles. The Morgan fingerprint density at radius 1 is 1.44 bits per heavy atom. The van der Waals surface area contributed by atoms with E-state index in [1.54, 1.807) is 6.08 Å². The van der Waals surface area contributed by atoms with E-state index >= 15 is 0 Å². The molecular weight excluding hydrogens is 292 g/mol.